The molecule has 15 heavy (non-hydrogen) atoms. The van der Waals surface area contributed by atoms with Crippen LogP contribution in [0.4, 0.5) is 18.9 Å². The van der Waals surface area contributed by atoms with E-state index in [9.17, 15) is 13.2 Å². The van der Waals surface area contributed by atoms with Gasteiger partial charge in [0.2, 0.25) is 0 Å². The van der Waals surface area contributed by atoms with Gasteiger partial charge in [0.05, 0.1) is 12.2 Å². The maximum Gasteiger partial charge on any atom is 0.182 e. The summed E-state index contributed by atoms with van der Waals surface area (Å²) >= 11 is 0. The molecule has 1 aromatic rings. The second-order valence-corrected chi connectivity index (χ2v) is 2.69. The van der Waals surface area contributed by atoms with Crippen molar-refractivity contribution in [3.05, 3.63) is 29.6 Å². The highest BCUT2D eigenvalue weighted by molar-refractivity contribution is 5.84. The van der Waals surface area contributed by atoms with E-state index in [0.29, 0.717) is 6.07 Å². The van der Waals surface area contributed by atoms with Gasteiger partial charge in [0.25, 0.3) is 0 Å². The number of oxime groups is 1. The molecule has 0 aromatic heterocycles. The third kappa shape index (κ3) is 2.76. The van der Waals surface area contributed by atoms with Gasteiger partial charge in [-0.1, -0.05) is 5.16 Å². The monoisotopic (exact) mass is 219 g/mol. The molecule has 0 spiro atoms. The van der Waals surface area contributed by atoms with E-state index < -0.39 is 17.5 Å². The molecule has 0 unspecified atom stereocenters. The number of nitrogens with two attached hydrogens (primary N) is 1. The van der Waals surface area contributed by atoms with Crippen molar-refractivity contribution in [2.24, 2.45) is 10.9 Å². The summed E-state index contributed by atoms with van der Waals surface area (Å²) in [5.41, 5.74) is 4.68. The minimum absolute atomic E-state index is 0.226. The molecular formula is C8H8F3N3O. The van der Waals surface area contributed by atoms with Gasteiger partial charge in [0, 0.05) is 12.1 Å². The van der Waals surface area contributed by atoms with Crippen molar-refractivity contribution in [3.63, 3.8) is 0 Å². The Morgan fingerprint density at radius 1 is 1.40 bits per heavy atom. The van der Waals surface area contributed by atoms with Gasteiger partial charge < -0.3 is 16.3 Å². The summed E-state index contributed by atoms with van der Waals surface area (Å²) in [7, 11) is 0. The third-order valence-electron chi connectivity index (χ3n) is 1.58. The molecule has 0 atom stereocenters. The first-order chi connectivity index (χ1) is 7.04. The first-order valence-corrected chi connectivity index (χ1v) is 3.89. The fourth-order valence-electron chi connectivity index (χ4n) is 0.906. The van der Waals surface area contributed by atoms with Gasteiger partial charge in [0.15, 0.2) is 17.5 Å². The summed E-state index contributed by atoms with van der Waals surface area (Å²) in [6.07, 6.45) is 0. The molecule has 4 nitrogen and oxygen atoms in total. The maximum atomic E-state index is 13.0. The summed E-state index contributed by atoms with van der Waals surface area (Å²) < 4.78 is 38.3. The lowest BCUT2D eigenvalue weighted by Crippen LogP contribution is -2.23. The van der Waals surface area contributed by atoms with Crippen LogP contribution in [0.1, 0.15) is 0 Å². The number of hydrogen-bond donors (Lipinski definition) is 3. The fourth-order valence-corrected chi connectivity index (χ4v) is 0.906. The molecule has 0 aliphatic heterocycles. The van der Waals surface area contributed by atoms with E-state index >= 15 is 0 Å². The fraction of sp³-hybridized carbons (Fsp3) is 0.125. The summed E-state index contributed by atoms with van der Waals surface area (Å²) in [4.78, 5) is 0. The SMILES string of the molecule is NC(CNc1cc(F)cc(F)c1F)=NO. The minimum Gasteiger partial charge on any atom is -0.409 e. The second kappa shape index (κ2) is 4.54. The zero-order chi connectivity index (χ0) is 11.4. The zero-order valence-electron chi connectivity index (χ0n) is 7.47. The van der Waals surface area contributed by atoms with E-state index in [2.05, 4.69) is 10.5 Å². The molecule has 1 rings (SSSR count). The van der Waals surface area contributed by atoms with E-state index in [0.717, 1.165) is 6.07 Å². The molecule has 0 amide bonds. The van der Waals surface area contributed by atoms with Gasteiger partial charge in [-0.3, -0.25) is 0 Å². The van der Waals surface area contributed by atoms with Crippen LogP contribution in [0.2, 0.25) is 0 Å². The summed E-state index contributed by atoms with van der Waals surface area (Å²) in [6, 6.07) is 1.19. The lowest BCUT2D eigenvalue weighted by molar-refractivity contribution is 0.317. The molecule has 0 saturated carbocycles. The molecule has 0 heterocycles. The topological polar surface area (TPSA) is 70.6 Å². The van der Waals surface area contributed by atoms with E-state index in [1.807, 2.05) is 0 Å². The molecule has 0 aliphatic rings. The van der Waals surface area contributed by atoms with Crippen molar-refractivity contribution in [3.8, 4) is 0 Å². The van der Waals surface area contributed by atoms with Gasteiger partial charge in [-0.25, -0.2) is 13.2 Å². The van der Waals surface area contributed by atoms with E-state index in [1.54, 1.807) is 0 Å². The van der Waals surface area contributed by atoms with Gasteiger partial charge in [-0.15, -0.1) is 0 Å². The highest BCUT2D eigenvalue weighted by atomic mass is 19.2. The number of rotatable bonds is 3. The minimum atomic E-state index is -1.31. The maximum absolute atomic E-state index is 13.0. The van der Waals surface area contributed by atoms with Gasteiger partial charge in [0.1, 0.15) is 5.82 Å². The number of hydrogen-bond acceptors (Lipinski definition) is 3. The van der Waals surface area contributed by atoms with Gasteiger partial charge in [-0.2, -0.15) is 0 Å². The molecule has 82 valence electrons. The average molecular weight is 219 g/mol. The zero-order valence-corrected chi connectivity index (χ0v) is 7.47. The van der Waals surface area contributed by atoms with Gasteiger partial charge in [-0.05, 0) is 0 Å². The molecule has 0 saturated heterocycles. The standard InChI is InChI=1S/C8H8F3N3O/c9-4-1-5(10)8(11)6(2-4)13-3-7(12)14-15/h1-2,13,15H,3H2,(H2,12,14). The van der Waals surface area contributed by atoms with Crippen molar-refractivity contribution in [2.45, 2.75) is 0 Å². The Kier molecular flexibility index (Phi) is 3.37. The molecule has 1 aromatic carbocycles. The first kappa shape index (κ1) is 11.2. The van der Waals surface area contributed by atoms with Crippen molar-refractivity contribution in [1.29, 1.82) is 0 Å². The van der Waals surface area contributed by atoms with E-state index in [-0.39, 0.29) is 18.1 Å². The Morgan fingerprint density at radius 2 is 2.07 bits per heavy atom. The first-order valence-electron chi connectivity index (χ1n) is 3.89. The summed E-state index contributed by atoms with van der Waals surface area (Å²) in [6.45, 7) is -0.226. The van der Waals surface area contributed by atoms with Crippen LogP contribution in [0.25, 0.3) is 0 Å². The molecule has 0 aliphatic carbocycles. The molecule has 0 bridgehead atoms. The largest absolute Gasteiger partial charge is 0.409 e. The number of benzene rings is 1. The van der Waals surface area contributed by atoms with E-state index in [4.69, 9.17) is 10.9 Å². The molecule has 0 fully saturated rings. The Bertz CT molecular complexity index is 395. The lowest BCUT2D eigenvalue weighted by atomic mass is 10.3. The quantitative estimate of drug-likeness (QED) is 0.235. The van der Waals surface area contributed by atoms with Crippen LogP contribution in [-0.4, -0.2) is 17.6 Å². The lowest BCUT2D eigenvalue weighted by Gasteiger charge is -2.06. The van der Waals surface area contributed by atoms with Crippen LogP contribution in [0, 0.1) is 17.5 Å². The number of halogens is 3. The predicted molar refractivity (Wildman–Crippen MR) is 48.2 cm³/mol. The second-order valence-electron chi connectivity index (χ2n) is 2.69. The Hall–Kier alpha value is -1.92. The normalized spacial score (nSPS) is 11.5. The van der Waals surface area contributed by atoms with Crippen LogP contribution >= 0.6 is 0 Å². The van der Waals surface area contributed by atoms with Crippen molar-refractivity contribution < 1.29 is 18.4 Å². The van der Waals surface area contributed by atoms with Crippen LogP contribution in [0.3, 0.4) is 0 Å². The highest BCUT2D eigenvalue weighted by Crippen LogP contribution is 2.18. The Labute approximate surface area is 83.2 Å². The predicted octanol–water partition coefficient (Wildman–Crippen LogP) is 1.26. The smallest absolute Gasteiger partial charge is 0.182 e. The van der Waals surface area contributed by atoms with Crippen LogP contribution < -0.4 is 11.1 Å². The highest BCUT2D eigenvalue weighted by Gasteiger charge is 2.10. The van der Waals surface area contributed by atoms with Crippen molar-refractivity contribution in [1.82, 2.24) is 0 Å². The number of amidine groups is 1. The average Bonchev–Trinajstić information content (AvgIpc) is 2.20. The third-order valence-corrected chi connectivity index (χ3v) is 1.58. The number of nitrogens with zero attached hydrogens (tertiary/aromatic N) is 1. The van der Waals surface area contributed by atoms with Crippen LogP contribution in [-0.2, 0) is 0 Å². The van der Waals surface area contributed by atoms with Crippen molar-refractivity contribution >= 4 is 11.5 Å². The number of anilines is 1. The summed E-state index contributed by atoms with van der Waals surface area (Å²) in [5.74, 6) is -3.69. The molecule has 0 radical (unpaired) electrons. The van der Waals surface area contributed by atoms with Crippen molar-refractivity contribution in [2.75, 3.05) is 11.9 Å². The van der Waals surface area contributed by atoms with Crippen LogP contribution in [0.5, 0.6) is 0 Å². The molecule has 7 heteroatoms. The van der Waals surface area contributed by atoms with E-state index in [1.165, 1.54) is 0 Å². The van der Waals surface area contributed by atoms with Gasteiger partial charge >= 0.3 is 0 Å². The Morgan fingerprint density at radius 3 is 2.67 bits per heavy atom. The molecular weight excluding hydrogens is 211 g/mol. The summed E-state index contributed by atoms with van der Waals surface area (Å²) in [5, 5.41) is 13.0. The number of nitrogens with one attached hydrogen (secondary N) is 1. The Balaban J connectivity index is 2.85. The molecule has 4 N–H and O–H groups in total. The van der Waals surface area contributed by atoms with Crippen LogP contribution in [0.15, 0.2) is 17.3 Å².